The maximum atomic E-state index is 13.3. The lowest BCUT2D eigenvalue weighted by molar-refractivity contribution is -0.131. The van der Waals surface area contributed by atoms with Crippen molar-refractivity contribution in [3.63, 3.8) is 0 Å². The maximum Gasteiger partial charge on any atom is 0.254 e. The van der Waals surface area contributed by atoms with Crippen LogP contribution >= 0.6 is 0 Å². The Morgan fingerprint density at radius 2 is 1.61 bits per heavy atom. The number of hydrogen-bond donors (Lipinski definition) is 0. The van der Waals surface area contributed by atoms with Crippen LogP contribution in [0.1, 0.15) is 43.5 Å². The number of nitrogens with zero attached hydrogens (tertiary/aromatic N) is 2. The van der Waals surface area contributed by atoms with E-state index in [-0.39, 0.29) is 17.9 Å². The van der Waals surface area contributed by atoms with E-state index < -0.39 is 0 Å². The van der Waals surface area contributed by atoms with E-state index in [0.717, 1.165) is 49.2 Å². The lowest BCUT2D eigenvalue weighted by Gasteiger charge is -2.30. The molecular weight excluding hydrogens is 388 g/mol. The molecule has 0 N–H and O–H groups in total. The van der Waals surface area contributed by atoms with Gasteiger partial charge in [0.25, 0.3) is 5.91 Å². The van der Waals surface area contributed by atoms with Crippen LogP contribution in [0, 0.1) is 11.8 Å². The van der Waals surface area contributed by atoms with Crippen molar-refractivity contribution in [1.29, 1.82) is 0 Å². The molecular formula is C26H32N2O3. The molecule has 1 saturated heterocycles. The van der Waals surface area contributed by atoms with E-state index in [2.05, 4.69) is 13.8 Å². The minimum absolute atomic E-state index is 0.0586. The zero-order valence-corrected chi connectivity index (χ0v) is 18.7. The first kappa shape index (κ1) is 21.4. The van der Waals surface area contributed by atoms with E-state index in [9.17, 15) is 9.59 Å². The summed E-state index contributed by atoms with van der Waals surface area (Å²) in [5.41, 5.74) is 2.86. The minimum Gasteiger partial charge on any atom is -0.497 e. The Labute approximate surface area is 185 Å². The fraction of sp³-hybridized carbons (Fsp3) is 0.462. The van der Waals surface area contributed by atoms with E-state index in [1.165, 1.54) is 0 Å². The molecule has 2 aromatic rings. The van der Waals surface area contributed by atoms with Gasteiger partial charge in [0.15, 0.2) is 0 Å². The monoisotopic (exact) mass is 420 g/mol. The zero-order chi connectivity index (χ0) is 22.0. The third-order valence-electron chi connectivity index (χ3n) is 6.42. The van der Waals surface area contributed by atoms with Crippen LogP contribution in [0.3, 0.4) is 0 Å². The molecule has 1 saturated carbocycles. The van der Waals surface area contributed by atoms with Crippen LogP contribution in [-0.2, 0) is 4.79 Å². The van der Waals surface area contributed by atoms with E-state index in [4.69, 9.17) is 4.74 Å². The van der Waals surface area contributed by atoms with Gasteiger partial charge in [-0.25, -0.2) is 0 Å². The van der Waals surface area contributed by atoms with Gasteiger partial charge in [-0.05, 0) is 74.4 Å². The van der Waals surface area contributed by atoms with Gasteiger partial charge >= 0.3 is 0 Å². The second-order valence-electron chi connectivity index (χ2n) is 9.07. The number of hydrogen-bond acceptors (Lipinski definition) is 3. The Bertz CT molecular complexity index is 917. The van der Waals surface area contributed by atoms with Crippen LogP contribution in [0.2, 0.25) is 0 Å². The standard InChI is InChI=1S/C26H32N2O3/c1-18(2)28(17-19-14-15-27(16-19)25(29)22-8-9-22)26(30)23-6-4-20(5-7-23)21-10-12-24(31-3)13-11-21/h4-7,10-13,18-19,22H,8-9,14-17H2,1-3H3/t19-/m1/s1. The SMILES string of the molecule is COc1ccc(-c2ccc(C(=O)N(C[C@@H]3CCN(C(=O)C4CC4)C3)C(C)C)cc2)cc1. The highest BCUT2D eigenvalue weighted by atomic mass is 16.5. The highest BCUT2D eigenvalue weighted by molar-refractivity contribution is 5.95. The molecule has 0 radical (unpaired) electrons. The predicted molar refractivity (Wildman–Crippen MR) is 122 cm³/mol. The van der Waals surface area contributed by atoms with Crippen molar-refractivity contribution in [2.75, 3.05) is 26.7 Å². The topological polar surface area (TPSA) is 49.9 Å². The molecule has 4 rings (SSSR count). The first-order valence-corrected chi connectivity index (χ1v) is 11.3. The van der Waals surface area contributed by atoms with Gasteiger partial charge in [-0.1, -0.05) is 24.3 Å². The second-order valence-corrected chi connectivity index (χ2v) is 9.07. The van der Waals surface area contributed by atoms with Crippen LogP contribution in [0.25, 0.3) is 11.1 Å². The normalized spacial score (nSPS) is 18.3. The molecule has 1 heterocycles. The third kappa shape index (κ3) is 4.92. The zero-order valence-electron chi connectivity index (χ0n) is 18.7. The van der Waals surface area contributed by atoms with Gasteiger partial charge < -0.3 is 14.5 Å². The highest BCUT2D eigenvalue weighted by Gasteiger charge is 2.37. The van der Waals surface area contributed by atoms with Gasteiger partial charge in [-0.15, -0.1) is 0 Å². The number of carbonyl (C=O) groups is 2. The van der Waals surface area contributed by atoms with Gasteiger partial charge in [0.2, 0.25) is 5.91 Å². The first-order chi connectivity index (χ1) is 15.0. The Balaban J connectivity index is 1.41. The van der Waals surface area contributed by atoms with Gasteiger partial charge in [0, 0.05) is 37.2 Å². The summed E-state index contributed by atoms with van der Waals surface area (Å²) in [5, 5.41) is 0. The number of carbonyl (C=O) groups excluding carboxylic acids is 2. The smallest absolute Gasteiger partial charge is 0.254 e. The van der Waals surface area contributed by atoms with Gasteiger partial charge in [0.1, 0.15) is 5.75 Å². The Morgan fingerprint density at radius 3 is 2.16 bits per heavy atom. The molecule has 164 valence electrons. The maximum absolute atomic E-state index is 13.3. The number of rotatable bonds is 7. The summed E-state index contributed by atoms with van der Waals surface area (Å²) in [6, 6.07) is 15.8. The average molecular weight is 421 g/mol. The highest BCUT2D eigenvalue weighted by Crippen LogP contribution is 2.33. The number of methoxy groups -OCH3 is 1. The third-order valence-corrected chi connectivity index (χ3v) is 6.42. The molecule has 2 aromatic carbocycles. The molecule has 1 aliphatic carbocycles. The summed E-state index contributed by atoms with van der Waals surface area (Å²) in [4.78, 5) is 29.6. The van der Waals surface area contributed by atoms with Crippen LogP contribution in [-0.4, -0.2) is 54.4 Å². The Kier molecular flexibility index (Phi) is 6.30. The molecule has 0 spiro atoms. The molecule has 2 fully saturated rings. The molecule has 0 unspecified atom stereocenters. The van der Waals surface area contributed by atoms with Crippen molar-refractivity contribution in [3.05, 3.63) is 54.1 Å². The molecule has 5 heteroatoms. The summed E-state index contributed by atoms with van der Waals surface area (Å²) in [6.07, 6.45) is 3.07. The minimum atomic E-state index is 0.0586. The summed E-state index contributed by atoms with van der Waals surface area (Å²) in [6.45, 7) is 6.43. The molecule has 31 heavy (non-hydrogen) atoms. The van der Waals surface area contributed by atoms with Crippen LogP contribution in [0.5, 0.6) is 5.75 Å². The van der Waals surface area contributed by atoms with Crippen LogP contribution in [0.4, 0.5) is 0 Å². The van der Waals surface area contributed by atoms with E-state index in [1.807, 2.05) is 58.3 Å². The fourth-order valence-corrected chi connectivity index (χ4v) is 4.33. The molecule has 1 aliphatic heterocycles. The summed E-state index contributed by atoms with van der Waals surface area (Å²) < 4.78 is 5.22. The Morgan fingerprint density at radius 1 is 1.00 bits per heavy atom. The Hall–Kier alpha value is -2.82. The quantitative estimate of drug-likeness (QED) is 0.664. The molecule has 1 atom stereocenters. The molecule has 0 bridgehead atoms. The van der Waals surface area contributed by atoms with Crippen molar-refractivity contribution in [2.45, 2.75) is 39.2 Å². The van der Waals surface area contributed by atoms with Crippen LogP contribution in [0.15, 0.2) is 48.5 Å². The molecule has 5 nitrogen and oxygen atoms in total. The number of likely N-dealkylation sites (tertiary alicyclic amines) is 1. The number of ether oxygens (including phenoxy) is 1. The molecule has 2 amide bonds. The van der Waals surface area contributed by atoms with E-state index in [1.54, 1.807) is 7.11 Å². The fourth-order valence-electron chi connectivity index (χ4n) is 4.33. The summed E-state index contributed by atoms with van der Waals surface area (Å²) in [5.74, 6) is 1.83. The summed E-state index contributed by atoms with van der Waals surface area (Å²) in [7, 11) is 1.66. The lowest BCUT2D eigenvalue weighted by Crippen LogP contribution is -2.41. The van der Waals surface area contributed by atoms with E-state index in [0.29, 0.717) is 23.9 Å². The van der Waals surface area contributed by atoms with Gasteiger partial charge in [-0.2, -0.15) is 0 Å². The summed E-state index contributed by atoms with van der Waals surface area (Å²) >= 11 is 0. The van der Waals surface area contributed by atoms with Crippen molar-refractivity contribution in [2.24, 2.45) is 11.8 Å². The van der Waals surface area contributed by atoms with E-state index >= 15 is 0 Å². The van der Waals surface area contributed by atoms with Crippen molar-refractivity contribution in [3.8, 4) is 16.9 Å². The predicted octanol–water partition coefficient (Wildman–Crippen LogP) is 4.47. The number of amides is 2. The van der Waals surface area contributed by atoms with Crippen molar-refractivity contribution < 1.29 is 14.3 Å². The van der Waals surface area contributed by atoms with Gasteiger partial charge in [-0.3, -0.25) is 9.59 Å². The first-order valence-electron chi connectivity index (χ1n) is 11.3. The number of benzene rings is 2. The largest absolute Gasteiger partial charge is 0.497 e. The second kappa shape index (κ2) is 9.13. The van der Waals surface area contributed by atoms with Crippen LogP contribution < -0.4 is 4.74 Å². The van der Waals surface area contributed by atoms with Crippen molar-refractivity contribution in [1.82, 2.24) is 9.80 Å². The average Bonchev–Trinajstić information content (AvgIpc) is 3.54. The van der Waals surface area contributed by atoms with Crippen molar-refractivity contribution >= 4 is 11.8 Å². The molecule has 2 aliphatic rings. The lowest BCUT2D eigenvalue weighted by atomic mass is 10.0. The molecule has 0 aromatic heterocycles. The van der Waals surface area contributed by atoms with Gasteiger partial charge in [0.05, 0.1) is 7.11 Å².